The summed E-state index contributed by atoms with van der Waals surface area (Å²) < 4.78 is 25.9. The minimum Gasteiger partial charge on any atom is -0.391 e. The van der Waals surface area contributed by atoms with Crippen LogP contribution in [-0.2, 0) is 14.3 Å². The molecule has 0 rings (SSSR count). The Balaban J connectivity index is 3.88. The van der Waals surface area contributed by atoms with E-state index in [-0.39, 0.29) is 0 Å². The maximum atomic E-state index is 10.7. The standard InChI is InChI=1S/C11H18O3S/c1-5-10(2)7-6-8-11(3)9-14-15(4,12)13/h5,9H,1-2,6-8H2,3-4H3. The summed E-state index contributed by atoms with van der Waals surface area (Å²) >= 11 is 0. The van der Waals surface area contributed by atoms with Crippen LogP contribution < -0.4 is 0 Å². The third-order valence-electron chi connectivity index (χ3n) is 1.78. The molecule has 0 amide bonds. The summed E-state index contributed by atoms with van der Waals surface area (Å²) in [5.41, 5.74) is 1.89. The largest absolute Gasteiger partial charge is 0.391 e. The average Bonchev–Trinajstić information content (AvgIpc) is 2.13. The molecule has 86 valence electrons. The van der Waals surface area contributed by atoms with Crippen molar-refractivity contribution in [3.05, 3.63) is 36.6 Å². The molecule has 0 aromatic carbocycles. The van der Waals surface area contributed by atoms with Gasteiger partial charge in [0.15, 0.2) is 0 Å². The van der Waals surface area contributed by atoms with Gasteiger partial charge in [-0.15, -0.1) is 0 Å². The molecule has 0 radical (unpaired) electrons. The van der Waals surface area contributed by atoms with Crippen LogP contribution in [0, 0.1) is 0 Å². The van der Waals surface area contributed by atoms with Crippen molar-refractivity contribution in [1.82, 2.24) is 0 Å². The SMILES string of the molecule is C=CC(=C)CCCC(C)=COS(C)(=O)=O. The van der Waals surface area contributed by atoms with Gasteiger partial charge in [-0.05, 0) is 31.8 Å². The molecule has 0 fully saturated rings. The molecule has 0 heterocycles. The zero-order valence-electron chi connectivity index (χ0n) is 9.32. The van der Waals surface area contributed by atoms with Crippen molar-refractivity contribution in [1.29, 1.82) is 0 Å². The van der Waals surface area contributed by atoms with Gasteiger partial charge in [-0.25, -0.2) is 0 Å². The first-order valence-electron chi connectivity index (χ1n) is 4.69. The second kappa shape index (κ2) is 6.45. The van der Waals surface area contributed by atoms with E-state index in [0.717, 1.165) is 36.7 Å². The van der Waals surface area contributed by atoms with Gasteiger partial charge < -0.3 is 4.18 Å². The van der Waals surface area contributed by atoms with Crippen LogP contribution in [0.1, 0.15) is 26.2 Å². The number of hydrogen-bond donors (Lipinski definition) is 0. The first kappa shape index (κ1) is 14.0. The molecule has 0 N–H and O–H groups in total. The van der Waals surface area contributed by atoms with Crippen LogP contribution in [-0.4, -0.2) is 14.7 Å². The molecule has 4 heteroatoms. The van der Waals surface area contributed by atoms with Crippen molar-refractivity contribution < 1.29 is 12.6 Å². The van der Waals surface area contributed by atoms with Gasteiger partial charge in [0.2, 0.25) is 0 Å². The van der Waals surface area contributed by atoms with Crippen LogP contribution in [0.5, 0.6) is 0 Å². The highest BCUT2D eigenvalue weighted by Gasteiger charge is 1.98. The van der Waals surface area contributed by atoms with Crippen molar-refractivity contribution >= 4 is 10.1 Å². The molecular formula is C11H18O3S. The minimum atomic E-state index is -3.38. The van der Waals surface area contributed by atoms with Gasteiger partial charge in [0, 0.05) is 0 Å². The Hall–Kier alpha value is -1.03. The molecular weight excluding hydrogens is 212 g/mol. The lowest BCUT2D eigenvalue weighted by Gasteiger charge is -2.02. The zero-order chi connectivity index (χ0) is 11.9. The van der Waals surface area contributed by atoms with E-state index in [1.54, 1.807) is 6.08 Å². The molecule has 0 spiro atoms. The molecule has 0 bridgehead atoms. The Kier molecular flexibility index (Phi) is 6.01. The van der Waals surface area contributed by atoms with Gasteiger partial charge >= 0.3 is 10.1 Å². The molecule has 0 aliphatic heterocycles. The summed E-state index contributed by atoms with van der Waals surface area (Å²) in [7, 11) is -3.38. The topological polar surface area (TPSA) is 43.4 Å². The Morgan fingerprint density at radius 1 is 1.40 bits per heavy atom. The van der Waals surface area contributed by atoms with Crippen molar-refractivity contribution in [2.24, 2.45) is 0 Å². The van der Waals surface area contributed by atoms with E-state index >= 15 is 0 Å². The fourth-order valence-electron chi connectivity index (χ4n) is 0.925. The van der Waals surface area contributed by atoms with Crippen molar-refractivity contribution in [2.45, 2.75) is 26.2 Å². The quantitative estimate of drug-likeness (QED) is 0.384. The molecule has 0 unspecified atom stereocenters. The normalized spacial score (nSPS) is 12.3. The molecule has 0 aromatic rings. The maximum Gasteiger partial charge on any atom is 0.305 e. The first-order valence-corrected chi connectivity index (χ1v) is 6.51. The fourth-order valence-corrected chi connectivity index (χ4v) is 1.26. The van der Waals surface area contributed by atoms with Crippen LogP contribution >= 0.6 is 0 Å². The predicted molar refractivity (Wildman–Crippen MR) is 62.9 cm³/mol. The Labute approximate surface area is 92.3 Å². The molecule has 0 atom stereocenters. The van der Waals surface area contributed by atoms with E-state index in [0.29, 0.717) is 0 Å². The third kappa shape index (κ3) is 9.28. The summed E-state index contributed by atoms with van der Waals surface area (Å²) in [5.74, 6) is 0. The van der Waals surface area contributed by atoms with E-state index in [2.05, 4.69) is 17.3 Å². The first-order chi connectivity index (χ1) is 6.85. The summed E-state index contributed by atoms with van der Waals surface area (Å²) in [4.78, 5) is 0. The summed E-state index contributed by atoms with van der Waals surface area (Å²) in [6.45, 7) is 9.23. The lowest BCUT2D eigenvalue weighted by Crippen LogP contribution is -1.97. The van der Waals surface area contributed by atoms with Gasteiger partial charge in [0.25, 0.3) is 0 Å². The monoisotopic (exact) mass is 230 g/mol. The van der Waals surface area contributed by atoms with E-state index in [4.69, 9.17) is 0 Å². The lowest BCUT2D eigenvalue weighted by molar-refractivity contribution is 0.444. The van der Waals surface area contributed by atoms with Crippen LogP contribution in [0.15, 0.2) is 36.6 Å². The number of rotatable bonds is 7. The molecule has 0 saturated carbocycles. The molecule has 3 nitrogen and oxygen atoms in total. The second-order valence-corrected chi connectivity index (χ2v) is 5.08. The van der Waals surface area contributed by atoms with Crippen LogP contribution in [0.25, 0.3) is 0 Å². The maximum absolute atomic E-state index is 10.7. The number of hydrogen-bond acceptors (Lipinski definition) is 3. The van der Waals surface area contributed by atoms with Crippen LogP contribution in [0.2, 0.25) is 0 Å². The molecule has 0 aliphatic carbocycles. The van der Waals surface area contributed by atoms with Crippen LogP contribution in [0.3, 0.4) is 0 Å². The van der Waals surface area contributed by atoms with E-state index in [1.807, 2.05) is 6.92 Å². The van der Waals surface area contributed by atoms with Crippen molar-refractivity contribution in [3.8, 4) is 0 Å². The van der Waals surface area contributed by atoms with Crippen molar-refractivity contribution in [2.75, 3.05) is 6.26 Å². The molecule has 0 saturated heterocycles. The third-order valence-corrected chi connectivity index (χ3v) is 2.23. The second-order valence-electron chi connectivity index (χ2n) is 3.48. The predicted octanol–water partition coefficient (Wildman–Crippen LogP) is 2.78. The summed E-state index contributed by atoms with van der Waals surface area (Å²) in [6.07, 6.45) is 6.62. The average molecular weight is 230 g/mol. The number of allylic oxidation sites excluding steroid dienone is 3. The Morgan fingerprint density at radius 2 is 2.00 bits per heavy atom. The summed E-state index contributed by atoms with van der Waals surface area (Å²) in [6, 6.07) is 0. The van der Waals surface area contributed by atoms with Gasteiger partial charge in [-0.2, -0.15) is 8.42 Å². The van der Waals surface area contributed by atoms with Crippen molar-refractivity contribution in [3.63, 3.8) is 0 Å². The highest BCUT2D eigenvalue weighted by molar-refractivity contribution is 7.86. The van der Waals surface area contributed by atoms with Crippen LogP contribution in [0.4, 0.5) is 0 Å². The minimum absolute atomic E-state index is 0.794. The van der Waals surface area contributed by atoms with E-state index in [1.165, 1.54) is 6.26 Å². The zero-order valence-corrected chi connectivity index (χ0v) is 10.1. The van der Waals surface area contributed by atoms with E-state index in [9.17, 15) is 8.42 Å². The van der Waals surface area contributed by atoms with Gasteiger partial charge in [-0.3, -0.25) is 0 Å². The summed E-state index contributed by atoms with van der Waals surface area (Å²) in [5, 5.41) is 0. The Morgan fingerprint density at radius 3 is 2.47 bits per heavy atom. The fraction of sp³-hybridized carbons (Fsp3) is 0.455. The molecule has 0 aromatic heterocycles. The molecule has 15 heavy (non-hydrogen) atoms. The van der Waals surface area contributed by atoms with E-state index < -0.39 is 10.1 Å². The lowest BCUT2D eigenvalue weighted by atomic mass is 10.1. The molecule has 0 aliphatic rings. The highest BCUT2D eigenvalue weighted by atomic mass is 32.2. The van der Waals surface area contributed by atoms with Gasteiger partial charge in [0.1, 0.15) is 6.26 Å². The smallest absolute Gasteiger partial charge is 0.305 e. The van der Waals surface area contributed by atoms with Gasteiger partial charge in [-0.1, -0.05) is 24.8 Å². The Bertz CT molecular complexity index is 350. The van der Waals surface area contributed by atoms with Gasteiger partial charge in [0.05, 0.1) is 6.26 Å². The highest BCUT2D eigenvalue weighted by Crippen LogP contribution is 2.11.